The van der Waals surface area contributed by atoms with Crippen LogP contribution in [-0.2, 0) is 0 Å². The Hall–Kier alpha value is -4.42. The molecular formula is C39H35BN2S2. The highest BCUT2D eigenvalue weighted by molar-refractivity contribution is 7.19. The van der Waals surface area contributed by atoms with Crippen molar-refractivity contribution in [2.75, 3.05) is 38.0 Å². The van der Waals surface area contributed by atoms with Crippen LogP contribution in [0.4, 0.5) is 11.4 Å². The average molecular weight is 607 g/mol. The molecule has 0 aliphatic carbocycles. The zero-order valence-corrected chi connectivity index (χ0v) is 28.0. The van der Waals surface area contributed by atoms with Gasteiger partial charge in [0.2, 0.25) is 6.71 Å². The Bertz CT molecular complexity index is 1860. The van der Waals surface area contributed by atoms with Gasteiger partial charge in [-0.25, -0.2) is 0 Å². The normalized spacial score (nSPS) is 11.5. The molecule has 0 unspecified atom stereocenters. The van der Waals surface area contributed by atoms with Crippen molar-refractivity contribution in [2.24, 2.45) is 0 Å². The summed E-state index contributed by atoms with van der Waals surface area (Å²) >= 11 is 3.57. The minimum Gasteiger partial charge on any atom is -0.378 e. The van der Waals surface area contributed by atoms with Gasteiger partial charge in [-0.05, 0) is 105 Å². The highest BCUT2D eigenvalue weighted by Crippen LogP contribution is 2.26. The number of fused-ring (bicyclic) bond motifs is 2. The molecule has 216 valence electrons. The first kappa shape index (κ1) is 29.6. The van der Waals surface area contributed by atoms with Crippen LogP contribution in [0, 0.1) is 44.5 Å². The lowest BCUT2D eigenvalue weighted by Gasteiger charge is -2.19. The highest BCUT2D eigenvalue weighted by atomic mass is 32.1. The summed E-state index contributed by atoms with van der Waals surface area (Å²) in [6, 6.07) is 26.1. The molecule has 0 saturated carbocycles. The molecular weight excluding hydrogens is 571 g/mol. The summed E-state index contributed by atoms with van der Waals surface area (Å²) in [4.78, 5) is 8.94. The van der Waals surface area contributed by atoms with Crippen LogP contribution < -0.4 is 26.2 Å². The van der Waals surface area contributed by atoms with Crippen molar-refractivity contribution in [1.82, 2.24) is 0 Å². The van der Waals surface area contributed by atoms with E-state index in [1.807, 2.05) is 0 Å². The fraction of sp³-hybridized carbons (Fsp3) is 0.179. The quantitative estimate of drug-likeness (QED) is 0.164. The fourth-order valence-corrected chi connectivity index (χ4v) is 7.81. The molecule has 5 heteroatoms. The van der Waals surface area contributed by atoms with Gasteiger partial charge >= 0.3 is 0 Å². The zero-order valence-electron chi connectivity index (χ0n) is 26.4. The van der Waals surface area contributed by atoms with Gasteiger partial charge in [0.25, 0.3) is 0 Å². The van der Waals surface area contributed by atoms with Crippen LogP contribution in [-0.4, -0.2) is 34.9 Å². The maximum atomic E-state index is 3.47. The standard InChI is InChI=1S/C39H35BN2S2/c1-26-22-27(2)39(28(3)23-26)40-35-24-33(18-12-29-8-14-31(15-9-29)41(4)5)43-37(35)20-21-38-36(40)25-34(44-38)19-13-30-10-16-32(17-11-30)42(6)7/h8-11,14-17,20-25H,1-7H3. The van der Waals surface area contributed by atoms with E-state index in [4.69, 9.17) is 0 Å². The van der Waals surface area contributed by atoms with Gasteiger partial charge < -0.3 is 9.80 Å². The van der Waals surface area contributed by atoms with Gasteiger partial charge in [-0.3, -0.25) is 0 Å². The van der Waals surface area contributed by atoms with Crippen LogP contribution in [0.3, 0.4) is 0 Å². The minimum absolute atomic E-state index is 0.118. The van der Waals surface area contributed by atoms with Gasteiger partial charge in [0.05, 0.1) is 9.75 Å². The largest absolute Gasteiger partial charge is 0.378 e. The maximum absolute atomic E-state index is 3.47. The molecule has 3 aromatic carbocycles. The second kappa shape index (κ2) is 12.3. The monoisotopic (exact) mass is 606 g/mol. The molecule has 44 heavy (non-hydrogen) atoms. The van der Waals surface area contributed by atoms with E-state index < -0.39 is 0 Å². The number of hydrogen-bond donors (Lipinski definition) is 0. The first-order valence-electron chi connectivity index (χ1n) is 14.8. The summed E-state index contributed by atoms with van der Waals surface area (Å²) in [5, 5.41) is 0. The highest BCUT2D eigenvalue weighted by Gasteiger charge is 2.32. The molecule has 0 N–H and O–H groups in total. The smallest absolute Gasteiger partial charge is 0.245 e. The predicted octanol–water partition coefficient (Wildman–Crippen LogP) is 6.67. The van der Waals surface area contributed by atoms with E-state index in [1.165, 1.54) is 54.2 Å². The molecule has 0 bridgehead atoms. The second-order valence-corrected chi connectivity index (χ2v) is 14.0. The Morgan fingerprint density at radius 2 is 0.955 bits per heavy atom. The Labute approximate surface area is 270 Å². The van der Waals surface area contributed by atoms with Crippen LogP contribution in [0.25, 0.3) is 12.2 Å². The number of nitrogens with zero attached hydrogens (tertiary/aromatic N) is 2. The van der Waals surface area contributed by atoms with Gasteiger partial charge in [-0.1, -0.05) is 58.0 Å². The Balaban J connectivity index is 1.41. The van der Waals surface area contributed by atoms with Crippen molar-refractivity contribution < 1.29 is 0 Å². The van der Waals surface area contributed by atoms with Crippen molar-refractivity contribution >= 4 is 69.3 Å². The molecule has 0 amide bonds. The molecule has 2 aromatic heterocycles. The first-order chi connectivity index (χ1) is 21.2. The summed E-state index contributed by atoms with van der Waals surface area (Å²) < 4.78 is 0. The van der Waals surface area contributed by atoms with Gasteiger partial charge in [0.15, 0.2) is 0 Å². The number of thiophene rings is 2. The third-order valence-electron chi connectivity index (χ3n) is 8.04. The van der Waals surface area contributed by atoms with E-state index in [9.17, 15) is 0 Å². The lowest BCUT2D eigenvalue weighted by atomic mass is 9.35. The minimum atomic E-state index is 0.118. The van der Waals surface area contributed by atoms with Crippen LogP contribution in [0.5, 0.6) is 0 Å². The van der Waals surface area contributed by atoms with E-state index in [2.05, 4.69) is 167 Å². The number of rotatable bonds is 3. The fourth-order valence-electron chi connectivity index (χ4n) is 5.90. The molecule has 1 aliphatic heterocycles. The van der Waals surface area contributed by atoms with Crippen LogP contribution >= 0.6 is 22.7 Å². The van der Waals surface area contributed by atoms with Crippen molar-refractivity contribution in [3.63, 3.8) is 0 Å². The molecule has 0 atom stereocenters. The van der Waals surface area contributed by atoms with E-state index in [1.54, 1.807) is 22.7 Å². The predicted molar refractivity (Wildman–Crippen MR) is 196 cm³/mol. The average Bonchev–Trinajstić information content (AvgIpc) is 3.56. The molecule has 5 aromatic rings. The van der Waals surface area contributed by atoms with Crippen LogP contribution in [0.15, 0.2) is 72.8 Å². The Morgan fingerprint density at radius 3 is 1.34 bits per heavy atom. The van der Waals surface area contributed by atoms with Crippen molar-refractivity contribution in [2.45, 2.75) is 20.8 Å². The molecule has 6 rings (SSSR count). The summed E-state index contributed by atoms with van der Waals surface area (Å²) in [7, 11) is 8.22. The van der Waals surface area contributed by atoms with Gasteiger partial charge in [-0.15, -0.1) is 22.7 Å². The molecule has 0 spiro atoms. The summed E-state index contributed by atoms with van der Waals surface area (Å²) in [6.45, 7) is 6.80. The number of benzene rings is 3. The summed E-state index contributed by atoms with van der Waals surface area (Å²) in [5.74, 6) is 13.8. The molecule has 1 aliphatic rings. The maximum Gasteiger partial charge on any atom is 0.245 e. The Kier molecular flexibility index (Phi) is 8.28. The molecule has 0 fully saturated rings. The van der Waals surface area contributed by atoms with Gasteiger partial charge in [-0.2, -0.15) is 0 Å². The first-order valence-corrected chi connectivity index (χ1v) is 16.4. The van der Waals surface area contributed by atoms with Gasteiger partial charge in [0, 0.05) is 60.4 Å². The molecule has 0 saturated heterocycles. The molecule has 0 radical (unpaired) electrons. The third-order valence-corrected chi connectivity index (χ3v) is 10.1. The molecule has 3 heterocycles. The zero-order chi connectivity index (χ0) is 31.0. The Morgan fingerprint density at radius 1 is 0.545 bits per heavy atom. The van der Waals surface area contributed by atoms with Crippen LogP contribution in [0.1, 0.15) is 47.3 Å². The van der Waals surface area contributed by atoms with E-state index in [0.29, 0.717) is 0 Å². The number of anilines is 2. The summed E-state index contributed by atoms with van der Waals surface area (Å²) in [5.41, 5.74) is 12.4. The number of aryl methyl sites for hydroxylation is 3. The number of hydrogen-bond acceptors (Lipinski definition) is 4. The van der Waals surface area contributed by atoms with Crippen LogP contribution in [0.2, 0.25) is 0 Å². The lowest BCUT2D eigenvalue weighted by Crippen LogP contribution is -2.54. The van der Waals surface area contributed by atoms with Crippen molar-refractivity contribution in [1.29, 1.82) is 0 Å². The van der Waals surface area contributed by atoms with E-state index in [0.717, 1.165) is 20.9 Å². The lowest BCUT2D eigenvalue weighted by molar-refractivity contribution is 1.13. The topological polar surface area (TPSA) is 6.48 Å². The van der Waals surface area contributed by atoms with E-state index in [-0.39, 0.29) is 6.71 Å². The van der Waals surface area contributed by atoms with Gasteiger partial charge in [0.1, 0.15) is 0 Å². The third kappa shape index (κ3) is 6.13. The second-order valence-electron chi connectivity index (χ2n) is 11.8. The summed E-state index contributed by atoms with van der Waals surface area (Å²) in [6.07, 6.45) is 4.56. The van der Waals surface area contributed by atoms with E-state index >= 15 is 0 Å². The van der Waals surface area contributed by atoms with Crippen molar-refractivity contribution in [3.05, 3.63) is 120 Å². The van der Waals surface area contributed by atoms with Crippen molar-refractivity contribution in [3.8, 4) is 23.7 Å². The molecule has 2 nitrogen and oxygen atoms in total. The SMILES string of the molecule is Cc1cc(C)c(B2c3cc(C#Cc4ccc(N(C)C)cc4)sc3C=Cc3sc(C#Cc4ccc(N(C)C)cc4)cc32)c(C)c1.